The van der Waals surface area contributed by atoms with Crippen molar-refractivity contribution in [1.82, 2.24) is 9.80 Å². The molecule has 0 spiro atoms. The third kappa shape index (κ3) is 5.55. The fourth-order valence-corrected chi connectivity index (χ4v) is 3.96. The fraction of sp³-hybridized carbons (Fsp3) is 0.474. The molecule has 1 unspecified atom stereocenters. The molecule has 0 bridgehead atoms. The molecule has 2 heterocycles. The first-order valence-electron chi connectivity index (χ1n) is 9.37. The predicted molar refractivity (Wildman–Crippen MR) is 107 cm³/mol. The largest absolute Gasteiger partial charge is 0.462 e. The van der Waals surface area contributed by atoms with Gasteiger partial charge in [-0.15, -0.1) is 0 Å². The van der Waals surface area contributed by atoms with E-state index < -0.39 is 11.2 Å². The van der Waals surface area contributed by atoms with Crippen LogP contribution in [-0.2, 0) is 19.1 Å². The van der Waals surface area contributed by atoms with E-state index >= 15 is 0 Å². The zero-order valence-corrected chi connectivity index (χ0v) is 16.9. The Balaban J connectivity index is 1.51. The second-order valence-corrected chi connectivity index (χ2v) is 7.71. The highest BCUT2D eigenvalue weighted by atomic mass is 32.2. The summed E-state index contributed by atoms with van der Waals surface area (Å²) in [4.78, 5) is 51.9. The maximum absolute atomic E-state index is 12.6. The summed E-state index contributed by atoms with van der Waals surface area (Å²) >= 11 is 0.879. The van der Waals surface area contributed by atoms with Crippen LogP contribution in [0.25, 0.3) is 0 Å². The van der Waals surface area contributed by atoms with Crippen molar-refractivity contribution >= 4 is 40.5 Å². The molecule has 2 fully saturated rings. The molecule has 1 aromatic rings. The molecule has 0 saturated carbocycles. The Labute approximate surface area is 172 Å². The minimum absolute atomic E-state index is 0.103. The topological polar surface area (TPSA) is 105 Å². The van der Waals surface area contributed by atoms with Crippen molar-refractivity contribution in [2.75, 3.05) is 44.9 Å². The first-order chi connectivity index (χ1) is 14.0. The van der Waals surface area contributed by atoms with Gasteiger partial charge in [0.05, 0.1) is 32.1 Å². The van der Waals surface area contributed by atoms with Gasteiger partial charge in [0.15, 0.2) is 0 Å². The zero-order chi connectivity index (χ0) is 20.8. The summed E-state index contributed by atoms with van der Waals surface area (Å²) in [5, 5.41) is 1.62. The van der Waals surface area contributed by atoms with Crippen molar-refractivity contribution in [1.29, 1.82) is 0 Å². The number of hydrogen-bond donors (Lipinski definition) is 1. The molecule has 1 atom stereocenters. The Morgan fingerprint density at radius 1 is 1.21 bits per heavy atom. The molecule has 1 aromatic carbocycles. The molecule has 1 N–H and O–H groups in total. The van der Waals surface area contributed by atoms with E-state index in [9.17, 15) is 19.2 Å². The molecule has 29 heavy (non-hydrogen) atoms. The second-order valence-electron chi connectivity index (χ2n) is 6.56. The van der Waals surface area contributed by atoms with E-state index in [1.165, 1.54) is 4.90 Å². The van der Waals surface area contributed by atoms with Gasteiger partial charge in [-0.2, -0.15) is 0 Å². The lowest BCUT2D eigenvalue weighted by molar-refractivity contribution is -0.130. The van der Waals surface area contributed by atoms with Crippen molar-refractivity contribution < 1.29 is 28.7 Å². The first-order valence-corrected chi connectivity index (χ1v) is 10.2. The van der Waals surface area contributed by atoms with Gasteiger partial charge in [-0.1, -0.05) is 11.8 Å². The maximum Gasteiger partial charge on any atom is 0.338 e. The molecular formula is C19H23N3O6S. The van der Waals surface area contributed by atoms with Gasteiger partial charge in [-0.25, -0.2) is 4.79 Å². The van der Waals surface area contributed by atoms with E-state index in [4.69, 9.17) is 9.47 Å². The van der Waals surface area contributed by atoms with Gasteiger partial charge < -0.3 is 14.8 Å². The van der Waals surface area contributed by atoms with Crippen LogP contribution in [-0.4, -0.2) is 77.7 Å². The van der Waals surface area contributed by atoms with Crippen molar-refractivity contribution in [2.45, 2.75) is 18.6 Å². The Kier molecular flexibility index (Phi) is 7.24. The number of rotatable bonds is 7. The van der Waals surface area contributed by atoms with E-state index in [0.717, 1.165) is 11.8 Å². The van der Waals surface area contributed by atoms with Crippen LogP contribution in [0.15, 0.2) is 24.3 Å². The Morgan fingerprint density at radius 3 is 2.55 bits per heavy atom. The van der Waals surface area contributed by atoms with Gasteiger partial charge >= 0.3 is 5.97 Å². The number of nitrogens with one attached hydrogen (secondary N) is 1. The number of morpholine rings is 1. The average Bonchev–Trinajstić information content (AvgIpc) is 2.97. The average molecular weight is 421 g/mol. The number of amides is 3. The van der Waals surface area contributed by atoms with Gasteiger partial charge in [0.25, 0.3) is 5.24 Å². The summed E-state index contributed by atoms with van der Waals surface area (Å²) in [5.74, 6) is -1.16. The quantitative estimate of drug-likeness (QED) is 0.661. The Bertz CT molecular complexity index is 779. The van der Waals surface area contributed by atoms with Gasteiger partial charge in [0.2, 0.25) is 11.8 Å². The molecule has 0 radical (unpaired) electrons. The molecule has 3 rings (SSSR count). The monoisotopic (exact) mass is 421 g/mol. The van der Waals surface area contributed by atoms with Crippen LogP contribution in [0.3, 0.4) is 0 Å². The van der Waals surface area contributed by atoms with Crippen LogP contribution in [0.2, 0.25) is 0 Å². The van der Waals surface area contributed by atoms with E-state index in [1.54, 1.807) is 31.2 Å². The van der Waals surface area contributed by atoms with Gasteiger partial charge in [-0.05, 0) is 31.2 Å². The number of carbonyl (C=O) groups excluding carboxylic acids is 4. The fourth-order valence-electron chi connectivity index (χ4n) is 2.98. The van der Waals surface area contributed by atoms with E-state index in [2.05, 4.69) is 5.32 Å². The third-order valence-electron chi connectivity index (χ3n) is 4.50. The molecule has 156 valence electrons. The van der Waals surface area contributed by atoms with Crippen LogP contribution >= 0.6 is 11.8 Å². The number of esters is 1. The summed E-state index contributed by atoms with van der Waals surface area (Å²) < 4.78 is 10.2. The summed E-state index contributed by atoms with van der Waals surface area (Å²) in [6.45, 7) is 4.70. The summed E-state index contributed by atoms with van der Waals surface area (Å²) in [5.41, 5.74) is 0.880. The Hall–Kier alpha value is -2.43. The third-order valence-corrected chi connectivity index (χ3v) is 5.58. The zero-order valence-electron chi connectivity index (χ0n) is 16.1. The lowest BCUT2D eigenvalue weighted by atomic mass is 10.2. The highest BCUT2D eigenvalue weighted by Gasteiger charge is 2.41. The number of benzene rings is 1. The SMILES string of the molecule is CCOC(=O)c1ccc(NC(=O)CC2SC(=O)N(CN3CCOCC3)C2=O)cc1. The van der Waals surface area contributed by atoms with Gasteiger partial charge in [0.1, 0.15) is 5.25 Å². The highest BCUT2D eigenvalue weighted by Crippen LogP contribution is 2.29. The maximum atomic E-state index is 12.6. The summed E-state index contributed by atoms with van der Waals surface area (Å²) in [6, 6.07) is 6.28. The number of thioether (sulfide) groups is 1. The number of imide groups is 1. The number of hydrogen-bond acceptors (Lipinski definition) is 8. The lowest BCUT2D eigenvalue weighted by Gasteiger charge is -2.29. The molecule has 2 aliphatic heterocycles. The molecule has 0 aliphatic carbocycles. The minimum atomic E-state index is -0.734. The molecule has 3 amide bonds. The van der Waals surface area contributed by atoms with Crippen molar-refractivity contribution in [3.05, 3.63) is 29.8 Å². The molecular weight excluding hydrogens is 398 g/mol. The molecule has 2 saturated heterocycles. The van der Waals surface area contributed by atoms with E-state index in [-0.39, 0.29) is 36.7 Å². The van der Waals surface area contributed by atoms with Crippen LogP contribution in [0.1, 0.15) is 23.7 Å². The second kappa shape index (κ2) is 9.86. The van der Waals surface area contributed by atoms with Crippen LogP contribution in [0.4, 0.5) is 10.5 Å². The van der Waals surface area contributed by atoms with Gasteiger partial charge in [-0.3, -0.25) is 24.2 Å². The number of carbonyl (C=O) groups is 4. The summed E-state index contributed by atoms with van der Waals surface area (Å²) in [6.07, 6.45) is -0.103. The van der Waals surface area contributed by atoms with Crippen LogP contribution in [0.5, 0.6) is 0 Å². The van der Waals surface area contributed by atoms with Crippen molar-refractivity contribution in [3.8, 4) is 0 Å². The van der Waals surface area contributed by atoms with E-state index in [1.807, 2.05) is 4.90 Å². The van der Waals surface area contributed by atoms with Gasteiger partial charge in [0, 0.05) is 25.2 Å². The number of anilines is 1. The standard InChI is InChI=1S/C19H23N3O6S/c1-2-28-18(25)13-3-5-14(6-4-13)20-16(23)11-15-17(24)22(19(26)29-15)12-21-7-9-27-10-8-21/h3-6,15H,2,7-12H2,1H3,(H,20,23). The minimum Gasteiger partial charge on any atom is -0.462 e. The van der Waals surface area contributed by atoms with E-state index in [0.29, 0.717) is 37.6 Å². The lowest BCUT2D eigenvalue weighted by Crippen LogP contribution is -2.46. The van der Waals surface area contributed by atoms with Crippen molar-refractivity contribution in [3.63, 3.8) is 0 Å². The molecule has 2 aliphatic rings. The van der Waals surface area contributed by atoms with Crippen molar-refractivity contribution in [2.24, 2.45) is 0 Å². The number of ether oxygens (including phenoxy) is 2. The summed E-state index contributed by atoms with van der Waals surface area (Å²) in [7, 11) is 0. The van der Waals surface area contributed by atoms with Crippen LogP contribution in [0, 0.1) is 0 Å². The van der Waals surface area contributed by atoms with Crippen LogP contribution < -0.4 is 5.32 Å². The highest BCUT2D eigenvalue weighted by molar-refractivity contribution is 8.15. The number of nitrogens with zero attached hydrogens (tertiary/aromatic N) is 2. The molecule has 9 nitrogen and oxygen atoms in total. The normalized spacial score (nSPS) is 20.0. The molecule has 10 heteroatoms. The smallest absolute Gasteiger partial charge is 0.338 e. The molecule has 0 aromatic heterocycles. The Morgan fingerprint density at radius 2 is 1.90 bits per heavy atom. The predicted octanol–water partition coefficient (Wildman–Crippen LogP) is 1.55. The first kappa shape index (κ1) is 21.3.